The Hall–Kier alpha value is -1.67. The lowest BCUT2D eigenvalue weighted by Gasteiger charge is -2.30. The largest absolute Gasteiger partial charge is 0.433 e. The summed E-state index contributed by atoms with van der Waals surface area (Å²) in [6.07, 6.45) is -3.34. The van der Waals surface area contributed by atoms with Gasteiger partial charge in [0.15, 0.2) is 5.79 Å². The number of nitrogens with two attached hydrogens (primary N) is 1. The Balaban J connectivity index is 2.02. The van der Waals surface area contributed by atoms with Crippen LogP contribution < -0.4 is 5.73 Å². The minimum atomic E-state index is -4.58. The van der Waals surface area contributed by atoms with Gasteiger partial charge >= 0.3 is 6.18 Å². The summed E-state index contributed by atoms with van der Waals surface area (Å²) in [5.41, 5.74) is 4.51. The number of aliphatic hydroxyl groups is 1. The molecule has 21 heavy (non-hydrogen) atoms. The van der Waals surface area contributed by atoms with Crippen molar-refractivity contribution in [3.05, 3.63) is 29.6 Å². The molecule has 0 aromatic carbocycles. The highest BCUT2D eigenvalue weighted by Crippen LogP contribution is 2.54. The molecule has 3 rings (SSSR count). The van der Waals surface area contributed by atoms with Crippen molar-refractivity contribution in [3.63, 3.8) is 0 Å². The zero-order chi connectivity index (χ0) is 15.4. The van der Waals surface area contributed by atoms with Gasteiger partial charge in [0.05, 0.1) is 6.10 Å². The van der Waals surface area contributed by atoms with Crippen molar-refractivity contribution in [1.29, 1.82) is 0 Å². The summed E-state index contributed by atoms with van der Waals surface area (Å²) in [7, 11) is 0. The van der Waals surface area contributed by atoms with Crippen molar-refractivity contribution >= 4 is 5.91 Å². The average Bonchev–Trinajstić information content (AvgIpc) is 2.90. The third kappa shape index (κ3) is 2.18. The molecule has 0 aliphatic carbocycles. The Morgan fingerprint density at radius 1 is 1.52 bits per heavy atom. The van der Waals surface area contributed by atoms with Crippen molar-refractivity contribution in [2.75, 3.05) is 0 Å². The fourth-order valence-electron chi connectivity index (χ4n) is 3.32. The van der Waals surface area contributed by atoms with E-state index in [4.69, 9.17) is 10.5 Å². The molecular formula is C13H13F3N2O3. The van der Waals surface area contributed by atoms with Crippen LogP contribution in [0.5, 0.6) is 0 Å². The van der Waals surface area contributed by atoms with Gasteiger partial charge in [0.25, 0.3) is 0 Å². The van der Waals surface area contributed by atoms with E-state index in [0.717, 1.165) is 12.3 Å². The SMILES string of the molecule is NC(=O)C1C(c2ccnc(C(F)(F)F)c2)C2CCC1(O)O2. The predicted octanol–water partition coefficient (Wildman–Crippen LogP) is 1.17. The fourth-order valence-corrected chi connectivity index (χ4v) is 3.32. The summed E-state index contributed by atoms with van der Waals surface area (Å²) in [6.45, 7) is 0. The summed E-state index contributed by atoms with van der Waals surface area (Å²) >= 11 is 0. The number of ether oxygens (including phenoxy) is 1. The maximum Gasteiger partial charge on any atom is 0.433 e. The van der Waals surface area contributed by atoms with E-state index in [1.54, 1.807) is 0 Å². The van der Waals surface area contributed by atoms with E-state index >= 15 is 0 Å². The molecule has 8 heteroatoms. The lowest BCUT2D eigenvalue weighted by atomic mass is 9.73. The van der Waals surface area contributed by atoms with Gasteiger partial charge in [-0.25, -0.2) is 0 Å². The maximum absolute atomic E-state index is 12.7. The standard InChI is InChI=1S/C13H13F3N2O3/c14-13(15,16)8-5-6(2-4-18-8)9-7-1-3-12(20,21-7)10(9)11(17)19/h2,4-5,7,9-10,20H,1,3H2,(H2,17,19). The number of pyridine rings is 1. The zero-order valence-corrected chi connectivity index (χ0v) is 10.8. The van der Waals surface area contributed by atoms with Crippen LogP contribution in [0.1, 0.15) is 30.0 Å². The van der Waals surface area contributed by atoms with Gasteiger partial charge in [0, 0.05) is 18.5 Å². The molecule has 1 aromatic heterocycles. The molecule has 114 valence electrons. The van der Waals surface area contributed by atoms with Gasteiger partial charge in [0.2, 0.25) is 5.91 Å². The molecule has 0 radical (unpaired) electrons. The van der Waals surface area contributed by atoms with E-state index in [9.17, 15) is 23.1 Å². The van der Waals surface area contributed by atoms with E-state index in [1.807, 2.05) is 0 Å². The van der Waals surface area contributed by atoms with E-state index in [0.29, 0.717) is 6.42 Å². The Labute approximate surface area is 117 Å². The van der Waals surface area contributed by atoms with Crippen LogP contribution >= 0.6 is 0 Å². The number of hydrogen-bond acceptors (Lipinski definition) is 4. The summed E-state index contributed by atoms with van der Waals surface area (Å²) < 4.78 is 43.6. The van der Waals surface area contributed by atoms with Gasteiger partial charge in [-0.15, -0.1) is 0 Å². The van der Waals surface area contributed by atoms with Gasteiger partial charge in [-0.1, -0.05) is 0 Å². The highest BCUT2D eigenvalue weighted by Gasteiger charge is 2.61. The van der Waals surface area contributed by atoms with Crippen molar-refractivity contribution < 1.29 is 27.8 Å². The predicted molar refractivity (Wildman–Crippen MR) is 63.7 cm³/mol. The molecule has 2 aliphatic rings. The van der Waals surface area contributed by atoms with Crippen LogP contribution in [0, 0.1) is 5.92 Å². The second kappa shape index (κ2) is 4.41. The van der Waals surface area contributed by atoms with Crippen molar-refractivity contribution in [1.82, 2.24) is 4.98 Å². The summed E-state index contributed by atoms with van der Waals surface area (Å²) in [6, 6.07) is 2.28. The molecule has 5 nitrogen and oxygen atoms in total. The first-order valence-corrected chi connectivity index (χ1v) is 6.45. The number of nitrogens with zero attached hydrogens (tertiary/aromatic N) is 1. The second-order valence-electron chi connectivity index (χ2n) is 5.42. The van der Waals surface area contributed by atoms with Crippen LogP contribution in [0.2, 0.25) is 0 Å². The molecule has 1 amide bonds. The number of primary amides is 1. The highest BCUT2D eigenvalue weighted by atomic mass is 19.4. The summed E-state index contributed by atoms with van der Waals surface area (Å²) in [4.78, 5) is 14.9. The molecule has 0 saturated carbocycles. The van der Waals surface area contributed by atoms with Gasteiger partial charge in [-0.05, 0) is 24.1 Å². The minimum Gasteiger partial charge on any atom is -0.369 e. The molecule has 3 N–H and O–H groups in total. The van der Waals surface area contributed by atoms with Gasteiger partial charge in [0.1, 0.15) is 11.6 Å². The summed E-state index contributed by atoms with van der Waals surface area (Å²) in [5, 5.41) is 10.3. The number of carbonyl (C=O) groups excluding carboxylic acids is 1. The fraction of sp³-hybridized carbons (Fsp3) is 0.538. The first-order valence-electron chi connectivity index (χ1n) is 6.45. The molecule has 3 heterocycles. The third-order valence-corrected chi connectivity index (χ3v) is 4.15. The first kappa shape index (κ1) is 14.3. The van der Waals surface area contributed by atoms with Crippen LogP contribution in [0.3, 0.4) is 0 Å². The second-order valence-corrected chi connectivity index (χ2v) is 5.42. The number of amides is 1. The lowest BCUT2D eigenvalue weighted by molar-refractivity contribution is -0.183. The Morgan fingerprint density at radius 3 is 2.86 bits per heavy atom. The Bertz CT molecular complexity index is 592. The van der Waals surface area contributed by atoms with Crippen molar-refractivity contribution in [2.45, 2.75) is 36.8 Å². The molecule has 1 aromatic rings. The average molecular weight is 302 g/mol. The molecule has 2 bridgehead atoms. The number of halogens is 3. The maximum atomic E-state index is 12.7. The van der Waals surface area contributed by atoms with E-state index < -0.39 is 41.5 Å². The molecule has 0 spiro atoms. The van der Waals surface area contributed by atoms with Gasteiger partial charge < -0.3 is 15.6 Å². The lowest BCUT2D eigenvalue weighted by Crippen LogP contribution is -2.45. The smallest absolute Gasteiger partial charge is 0.369 e. The van der Waals surface area contributed by atoms with Crippen molar-refractivity contribution in [2.24, 2.45) is 11.7 Å². The van der Waals surface area contributed by atoms with Gasteiger partial charge in [-0.2, -0.15) is 13.2 Å². The molecule has 4 atom stereocenters. The topological polar surface area (TPSA) is 85.4 Å². The van der Waals surface area contributed by atoms with E-state index in [-0.39, 0.29) is 12.0 Å². The number of aromatic nitrogens is 1. The van der Waals surface area contributed by atoms with Crippen molar-refractivity contribution in [3.8, 4) is 0 Å². The number of rotatable bonds is 2. The van der Waals surface area contributed by atoms with Crippen LogP contribution in [-0.4, -0.2) is 27.9 Å². The van der Waals surface area contributed by atoms with Crippen LogP contribution in [0.4, 0.5) is 13.2 Å². The molecule has 2 aliphatic heterocycles. The molecule has 4 unspecified atom stereocenters. The van der Waals surface area contributed by atoms with E-state index in [2.05, 4.69) is 4.98 Å². The van der Waals surface area contributed by atoms with Crippen LogP contribution in [0.15, 0.2) is 18.3 Å². The normalized spacial score (nSPS) is 35.1. The molecule has 2 fully saturated rings. The Morgan fingerprint density at radius 2 is 2.24 bits per heavy atom. The molecule has 2 saturated heterocycles. The number of alkyl halides is 3. The van der Waals surface area contributed by atoms with Crippen LogP contribution in [0.25, 0.3) is 0 Å². The number of fused-ring (bicyclic) bond motifs is 2. The van der Waals surface area contributed by atoms with Gasteiger partial charge in [-0.3, -0.25) is 9.78 Å². The molecular weight excluding hydrogens is 289 g/mol. The zero-order valence-electron chi connectivity index (χ0n) is 10.8. The first-order chi connectivity index (χ1) is 9.72. The minimum absolute atomic E-state index is 0.249. The number of hydrogen-bond donors (Lipinski definition) is 2. The summed E-state index contributed by atoms with van der Waals surface area (Å²) in [5.74, 6) is -4.21. The quantitative estimate of drug-likeness (QED) is 0.858. The monoisotopic (exact) mass is 302 g/mol. The highest BCUT2D eigenvalue weighted by molar-refractivity contribution is 5.79. The van der Waals surface area contributed by atoms with E-state index in [1.165, 1.54) is 6.07 Å². The third-order valence-electron chi connectivity index (χ3n) is 4.15. The number of carbonyl (C=O) groups is 1. The van der Waals surface area contributed by atoms with Crippen LogP contribution in [-0.2, 0) is 15.7 Å². The Kier molecular flexibility index (Phi) is 3.00.